The number of benzene rings is 1. The predicted molar refractivity (Wildman–Crippen MR) is 65.6 cm³/mol. The molecule has 86 valence electrons. The molecule has 1 unspecified atom stereocenters. The normalized spacial score (nSPS) is 13.0. The van der Waals surface area contributed by atoms with E-state index in [1.54, 1.807) is 7.11 Å². The first-order valence-electron chi connectivity index (χ1n) is 5.29. The minimum absolute atomic E-state index is 0.140. The van der Waals surface area contributed by atoms with Gasteiger partial charge in [-0.05, 0) is 30.7 Å². The molecule has 1 atom stereocenters. The molecule has 0 saturated heterocycles. The minimum Gasteiger partial charge on any atom is -0.497 e. The van der Waals surface area contributed by atoms with E-state index in [9.17, 15) is 0 Å². The van der Waals surface area contributed by atoms with Gasteiger partial charge in [0.15, 0.2) is 0 Å². The number of fused-ring (bicyclic) bond motifs is 1. The second-order valence-corrected chi connectivity index (χ2v) is 3.92. The monoisotopic (exact) mass is 219 g/mol. The molecule has 0 fully saturated rings. The second-order valence-electron chi connectivity index (χ2n) is 3.92. The number of methoxy groups -OCH3 is 1. The molecule has 0 aliphatic carbocycles. The van der Waals surface area contributed by atoms with E-state index in [0.29, 0.717) is 6.54 Å². The number of aryl methyl sites for hydroxylation is 1. The van der Waals surface area contributed by atoms with E-state index in [4.69, 9.17) is 16.2 Å². The van der Waals surface area contributed by atoms with E-state index in [1.165, 1.54) is 0 Å². The van der Waals surface area contributed by atoms with Crippen molar-refractivity contribution in [1.82, 2.24) is 4.98 Å². The molecule has 2 rings (SSSR count). The Hall–Kier alpha value is -1.52. The predicted octanol–water partition coefficient (Wildman–Crippen LogP) is 1.44. The van der Waals surface area contributed by atoms with Gasteiger partial charge in [-0.3, -0.25) is 0 Å². The van der Waals surface area contributed by atoms with E-state index in [0.717, 1.165) is 27.9 Å². The first-order chi connectivity index (χ1) is 7.67. The van der Waals surface area contributed by atoms with Gasteiger partial charge < -0.3 is 21.2 Å². The quantitative estimate of drug-likeness (QED) is 0.731. The Balaban J connectivity index is 2.59. The first kappa shape index (κ1) is 11.0. The molecule has 1 aromatic heterocycles. The summed E-state index contributed by atoms with van der Waals surface area (Å²) in [5, 5.41) is 1.14. The van der Waals surface area contributed by atoms with Crippen LogP contribution in [0.4, 0.5) is 0 Å². The minimum atomic E-state index is -0.140. The molecule has 2 aromatic rings. The fourth-order valence-corrected chi connectivity index (χ4v) is 1.94. The maximum atomic E-state index is 5.94. The SMILES string of the molecule is COc1ccc2[nH]c(C(N)CN)c(C)c2c1. The van der Waals surface area contributed by atoms with Crippen LogP contribution >= 0.6 is 0 Å². The average Bonchev–Trinajstić information content (AvgIpc) is 2.65. The zero-order valence-electron chi connectivity index (χ0n) is 9.58. The van der Waals surface area contributed by atoms with E-state index in [-0.39, 0.29) is 6.04 Å². The van der Waals surface area contributed by atoms with Gasteiger partial charge in [0.2, 0.25) is 0 Å². The number of hydrogen-bond donors (Lipinski definition) is 3. The number of ether oxygens (including phenoxy) is 1. The molecule has 0 amide bonds. The highest BCUT2D eigenvalue weighted by atomic mass is 16.5. The number of nitrogens with one attached hydrogen (secondary N) is 1. The summed E-state index contributed by atoms with van der Waals surface area (Å²) in [6.07, 6.45) is 0. The van der Waals surface area contributed by atoms with Crippen LogP contribution in [0.15, 0.2) is 18.2 Å². The van der Waals surface area contributed by atoms with Gasteiger partial charge >= 0.3 is 0 Å². The van der Waals surface area contributed by atoms with Crippen LogP contribution in [0.2, 0.25) is 0 Å². The van der Waals surface area contributed by atoms with Crippen molar-refractivity contribution in [3.05, 3.63) is 29.5 Å². The zero-order valence-corrected chi connectivity index (χ0v) is 9.58. The summed E-state index contributed by atoms with van der Waals surface area (Å²) in [4.78, 5) is 3.31. The van der Waals surface area contributed by atoms with Gasteiger partial charge in [0.05, 0.1) is 13.2 Å². The Morgan fingerprint density at radius 3 is 2.81 bits per heavy atom. The number of hydrogen-bond acceptors (Lipinski definition) is 3. The highest BCUT2D eigenvalue weighted by Gasteiger charge is 2.13. The van der Waals surface area contributed by atoms with Crippen molar-refractivity contribution < 1.29 is 4.74 Å². The molecular formula is C12H17N3O. The molecule has 0 aliphatic heterocycles. The molecule has 4 heteroatoms. The molecule has 0 saturated carbocycles. The molecule has 0 radical (unpaired) electrons. The Morgan fingerprint density at radius 2 is 2.19 bits per heavy atom. The molecule has 5 N–H and O–H groups in total. The summed E-state index contributed by atoms with van der Waals surface area (Å²) >= 11 is 0. The van der Waals surface area contributed by atoms with Crippen LogP contribution in [-0.4, -0.2) is 18.6 Å². The van der Waals surface area contributed by atoms with Gasteiger partial charge in [0.1, 0.15) is 5.75 Å². The van der Waals surface area contributed by atoms with Crippen LogP contribution in [0, 0.1) is 6.92 Å². The standard InChI is InChI=1S/C12H17N3O/c1-7-9-5-8(16-2)3-4-11(9)15-12(7)10(14)6-13/h3-5,10,15H,6,13-14H2,1-2H3. The van der Waals surface area contributed by atoms with Crippen LogP contribution in [-0.2, 0) is 0 Å². The zero-order chi connectivity index (χ0) is 11.7. The lowest BCUT2D eigenvalue weighted by Gasteiger charge is -2.07. The van der Waals surface area contributed by atoms with Crippen molar-refractivity contribution >= 4 is 10.9 Å². The van der Waals surface area contributed by atoms with Crippen LogP contribution in [0.1, 0.15) is 17.3 Å². The molecule has 0 bridgehead atoms. The van der Waals surface area contributed by atoms with Gasteiger partial charge in [0.25, 0.3) is 0 Å². The van der Waals surface area contributed by atoms with Crippen molar-refractivity contribution in [2.75, 3.05) is 13.7 Å². The number of H-pyrrole nitrogens is 1. The van der Waals surface area contributed by atoms with Gasteiger partial charge in [-0.1, -0.05) is 0 Å². The van der Waals surface area contributed by atoms with Crippen molar-refractivity contribution in [2.45, 2.75) is 13.0 Å². The third-order valence-corrected chi connectivity index (χ3v) is 2.93. The summed E-state index contributed by atoms with van der Waals surface area (Å²) < 4.78 is 5.20. The summed E-state index contributed by atoms with van der Waals surface area (Å²) in [6.45, 7) is 2.48. The summed E-state index contributed by atoms with van der Waals surface area (Å²) in [6, 6.07) is 5.79. The fraction of sp³-hybridized carbons (Fsp3) is 0.333. The summed E-state index contributed by atoms with van der Waals surface area (Å²) in [5.41, 5.74) is 14.7. The first-order valence-corrected chi connectivity index (χ1v) is 5.29. The van der Waals surface area contributed by atoms with Gasteiger partial charge in [-0.15, -0.1) is 0 Å². The van der Waals surface area contributed by atoms with Crippen LogP contribution in [0.5, 0.6) is 5.75 Å². The number of rotatable bonds is 3. The van der Waals surface area contributed by atoms with E-state index in [2.05, 4.69) is 4.98 Å². The molecule has 16 heavy (non-hydrogen) atoms. The van der Waals surface area contributed by atoms with Crippen LogP contribution in [0.3, 0.4) is 0 Å². The van der Waals surface area contributed by atoms with Gasteiger partial charge in [0, 0.05) is 23.1 Å². The number of aromatic nitrogens is 1. The van der Waals surface area contributed by atoms with E-state index >= 15 is 0 Å². The fourth-order valence-electron chi connectivity index (χ4n) is 1.94. The van der Waals surface area contributed by atoms with Crippen molar-refractivity contribution in [3.63, 3.8) is 0 Å². The molecule has 0 spiro atoms. The smallest absolute Gasteiger partial charge is 0.119 e. The Labute approximate surface area is 94.6 Å². The lowest BCUT2D eigenvalue weighted by atomic mass is 10.1. The molecular weight excluding hydrogens is 202 g/mol. The summed E-state index contributed by atoms with van der Waals surface area (Å²) in [7, 11) is 1.66. The third-order valence-electron chi connectivity index (χ3n) is 2.93. The van der Waals surface area contributed by atoms with Crippen molar-refractivity contribution in [2.24, 2.45) is 11.5 Å². The van der Waals surface area contributed by atoms with Crippen molar-refractivity contribution in [1.29, 1.82) is 0 Å². The largest absolute Gasteiger partial charge is 0.497 e. The van der Waals surface area contributed by atoms with Crippen molar-refractivity contribution in [3.8, 4) is 5.75 Å². The van der Waals surface area contributed by atoms with E-state index in [1.807, 2.05) is 25.1 Å². The maximum Gasteiger partial charge on any atom is 0.119 e. The molecule has 4 nitrogen and oxygen atoms in total. The topological polar surface area (TPSA) is 77.1 Å². The average molecular weight is 219 g/mol. The highest BCUT2D eigenvalue weighted by molar-refractivity contribution is 5.86. The third kappa shape index (κ3) is 1.66. The lowest BCUT2D eigenvalue weighted by Crippen LogP contribution is -2.21. The molecule has 1 aromatic carbocycles. The lowest BCUT2D eigenvalue weighted by molar-refractivity contribution is 0.415. The molecule has 0 aliphatic rings. The second kappa shape index (κ2) is 4.15. The highest BCUT2D eigenvalue weighted by Crippen LogP contribution is 2.27. The molecule has 1 heterocycles. The maximum absolute atomic E-state index is 5.94. The van der Waals surface area contributed by atoms with E-state index < -0.39 is 0 Å². The number of aromatic amines is 1. The van der Waals surface area contributed by atoms with Gasteiger partial charge in [-0.25, -0.2) is 0 Å². The number of nitrogens with two attached hydrogens (primary N) is 2. The van der Waals surface area contributed by atoms with Crippen LogP contribution < -0.4 is 16.2 Å². The Morgan fingerprint density at radius 1 is 1.44 bits per heavy atom. The Bertz CT molecular complexity index is 504. The Kier molecular flexibility index (Phi) is 2.85. The summed E-state index contributed by atoms with van der Waals surface area (Å²) in [5.74, 6) is 0.850. The van der Waals surface area contributed by atoms with Crippen LogP contribution in [0.25, 0.3) is 10.9 Å². The van der Waals surface area contributed by atoms with Gasteiger partial charge in [-0.2, -0.15) is 0 Å².